The van der Waals surface area contributed by atoms with Gasteiger partial charge in [0.2, 0.25) is 11.8 Å². The van der Waals surface area contributed by atoms with Crippen molar-refractivity contribution in [2.45, 2.75) is 32.9 Å². The normalized spacial score (nSPS) is 11.7. The van der Waals surface area contributed by atoms with Crippen LogP contribution >= 0.6 is 11.6 Å². The number of benzene rings is 2. The minimum atomic E-state index is -0.626. The maximum absolute atomic E-state index is 13.1. The van der Waals surface area contributed by atoms with E-state index in [2.05, 4.69) is 5.32 Å². The summed E-state index contributed by atoms with van der Waals surface area (Å²) >= 11 is 5.91. The van der Waals surface area contributed by atoms with E-state index in [1.165, 1.54) is 17.0 Å². The Morgan fingerprint density at radius 2 is 1.65 bits per heavy atom. The van der Waals surface area contributed by atoms with Crippen LogP contribution in [0.1, 0.15) is 25.0 Å². The summed E-state index contributed by atoms with van der Waals surface area (Å²) in [6.07, 6.45) is 0.0949. The lowest BCUT2D eigenvalue weighted by atomic mass is 10.1. The van der Waals surface area contributed by atoms with Crippen LogP contribution in [0.3, 0.4) is 0 Å². The van der Waals surface area contributed by atoms with E-state index in [9.17, 15) is 14.0 Å². The Balaban J connectivity index is 2.20. The maximum atomic E-state index is 13.1. The number of rotatable bonds is 7. The van der Waals surface area contributed by atoms with E-state index in [1.54, 1.807) is 31.2 Å². The van der Waals surface area contributed by atoms with Gasteiger partial charge in [0.25, 0.3) is 0 Å². The van der Waals surface area contributed by atoms with Gasteiger partial charge in [-0.05, 0) is 49.2 Å². The van der Waals surface area contributed by atoms with Crippen LogP contribution in [0, 0.1) is 5.82 Å². The lowest BCUT2D eigenvalue weighted by Gasteiger charge is -2.29. The Labute approximate surface area is 158 Å². The first-order chi connectivity index (χ1) is 12.4. The molecular formula is C20H22ClFN2O2. The van der Waals surface area contributed by atoms with Gasteiger partial charge in [-0.25, -0.2) is 4.39 Å². The predicted octanol–water partition coefficient (Wildman–Crippen LogP) is 3.58. The van der Waals surface area contributed by atoms with Crippen LogP contribution in [0.2, 0.25) is 5.02 Å². The molecule has 0 aliphatic heterocycles. The summed E-state index contributed by atoms with van der Waals surface area (Å²) in [5.41, 5.74) is 1.57. The van der Waals surface area contributed by atoms with Gasteiger partial charge in [0.05, 0.1) is 6.42 Å². The lowest BCUT2D eigenvalue weighted by Crippen LogP contribution is -2.48. The van der Waals surface area contributed by atoms with Gasteiger partial charge in [-0.2, -0.15) is 0 Å². The fourth-order valence-corrected chi connectivity index (χ4v) is 2.70. The smallest absolute Gasteiger partial charge is 0.242 e. The molecule has 0 aromatic heterocycles. The van der Waals surface area contributed by atoms with Gasteiger partial charge in [0.15, 0.2) is 0 Å². The molecule has 0 spiro atoms. The minimum absolute atomic E-state index is 0.0949. The Kier molecular flexibility index (Phi) is 7.16. The Hall–Kier alpha value is -2.40. The molecule has 6 heteroatoms. The zero-order valence-corrected chi connectivity index (χ0v) is 15.6. The van der Waals surface area contributed by atoms with Gasteiger partial charge in [-0.1, -0.05) is 35.9 Å². The fourth-order valence-electron chi connectivity index (χ4n) is 2.57. The van der Waals surface area contributed by atoms with Gasteiger partial charge in [0.1, 0.15) is 11.9 Å². The molecule has 0 radical (unpaired) electrons. The molecule has 2 aromatic rings. The van der Waals surface area contributed by atoms with Crippen molar-refractivity contribution in [3.63, 3.8) is 0 Å². The highest BCUT2D eigenvalue weighted by molar-refractivity contribution is 6.30. The summed E-state index contributed by atoms with van der Waals surface area (Å²) in [6.45, 7) is 4.30. The van der Waals surface area contributed by atoms with Gasteiger partial charge in [0, 0.05) is 18.1 Å². The number of carbonyl (C=O) groups excluding carboxylic acids is 2. The predicted molar refractivity (Wildman–Crippen MR) is 100 cm³/mol. The maximum Gasteiger partial charge on any atom is 0.242 e. The van der Waals surface area contributed by atoms with E-state index in [0.29, 0.717) is 17.1 Å². The molecule has 2 amide bonds. The summed E-state index contributed by atoms with van der Waals surface area (Å²) in [5.74, 6) is -0.769. The van der Waals surface area contributed by atoms with Crippen LogP contribution in [-0.2, 0) is 22.6 Å². The van der Waals surface area contributed by atoms with Gasteiger partial charge < -0.3 is 10.2 Å². The molecule has 26 heavy (non-hydrogen) atoms. The third kappa shape index (κ3) is 5.56. The van der Waals surface area contributed by atoms with Gasteiger partial charge in [-0.3, -0.25) is 9.59 Å². The molecule has 2 aromatic carbocycles. The highest BCUT2D eigenvalue weighted by atomic mass is 35.5. The molecule has 0 aliphatic carbocycles. The average molecular weight is 377 g/mol. The van der Waals surface area contributed by atoms with Crippen LogP contribution in [0.5, 0.6) is 0 Å². The third-order valence-corrected chi connectivity index (χ3v) is 4.31. The molecule has 0 bridgehead atoms. The number of hydrogen-bond donors (Lipinski definition) is 1. The second kappa shape index (κ2) is 9.34. The second-order valence-electron chi connectivity index (χ2n) is 6.02. The minimum Gasteiger partial charge on any atom is -0.355 e. The first-order valence-corrected chi connectivity index (χ1v) is 8.84. The summed E-state index contributed by atoms with van der Waals surface area (Å²) in [7, 11) is 0. The highest BCUT2D eigenvalue weighted by Crippen LogP contribution is 2.15. The molecule has 0 aliphatic rings. The van der Waals surface area contributed by atoms with E-state index in [-0.39, 0.29) is 30.6 Å². The van der Waals surface area contributed by atoms with E-state index in [1.807, 2.05) is 19.1 Å². The largest absolute Gasteiger partial charge is 0.355 e. The Morgan fingerprint density at radius 1 is 1.08 bits per heavy atom. The van der Waals surface area contributed by atoms with E-state index < -0.39 is 6.04 Å². The summed E-state index contributed by atoms with van der Waals surface area (Å²) < 4.78 is 13.1. The van der Waals surface area contributed by atoms with Gasteiger partial charge >= 0.3 is 0 Å². The van der Waals surface area contributed by atoms with Crippen molar-refractivity contribution in [2.24, 2.45) is 0 Å². The van der Waals surface area contributed by atoms with Crippen LogP contribution in [0.25, 0.3) is 0 Å². The molecule has 0 unspecified atom stereocenters. The Morgan fingerprint density at radius 3 is 2.23 bits per heavy atom. The number of amides is 2. The van der Waals surface area contributed by atoms with Crippen LogP contribution in [0.15, 0.2) is 48.5 Å². The average Bonchev–Trinajstić information content (AvgIpc) is 2.62. The summed E-state index contributed by atoms with van der Waals surface area (Å²) in [6, 6.07) is 12.3. The summed E-state index contributed by atoms with van der Waals surface area (Å²) in [5, 5.41) is 3.35. The number of carbonyl (C=O) groups is 2. The Bertz CT molecular complexity index is 747. The number of likely N-dealkylation sites (N-methyl/N-ethyl adjacent to an activating group) is 1. The van der Waals surface area contributed by atoms with Crippen molar-refractivity contribution in [1.29, 1.82) is 0 Å². The monoisotopic (exact) mass is 376 g/mol. The van der Waals surface area contributed by atoms with Crippen molar-refractivity contribution in [1.82, 2.24) is 10.2 Å². The van der Waals surface area contributed by atoms with E-state index in [4.69, 9.17) is 11.6 Å². The van der Waals surface area contributed by atoms with Crippen molar-refractivity contribution in [3.8, 4) is 0 Å². The van der Waals surface area contributed by atoms with Gasteiger partial charge in [-0.15, -0.1) is 0 Å². The zero-order chi connectivity index (χ0) is 19.1. The van der Waals surface area contributed by atoms with Crippen LogP contribution < -0.4 is 5.32 Å². The first kappa shape index (κ1) is 19.9. The molecular weight excluding hydrogens is 355 g/mol. The second-order valence-corrected chi connectivity index (χ2v) is 6.46. The number of nitrogens with one attached hydrogen (secondary N) is 1. The van der Waals surface area contributed by atoms with Crippen molar-refractivity contribution in [3.05, 3.63) is 70.5 Å². The molecule has 2 rings (SSSR count). The van der Waals surface area contributed by atoms with Crippen LogP contribution in [0.4, 0.5) is 4.39 Å². The number of halogens is 2. The van der Waals surface area contributed by atoms with Crippen molar-refractivity contribution in [2.75, 3.05) is 6.54 Å². The van der Waals surface area contributed by atoms with Crippen molar-refractivity contribution < 1.29 is 14.0 Å². The lowest BCUT2D eigenvalue weighted by molar-refractivity contribution is -0.140. The topological polar surface area (TPSA) is 49.4 Å². The number of nitrogens with zero attached hydrogens (tertiary/aromatic N) is 1. The fraction of sp³-hybridized carbons (Fsp3) is 0.300. The molecule has 4 nitrogen and oxygen atoms in total. The highest BCUT2D eigenvalue weighted by Gasteiger charge is 2.25. The summed E-state index contributed by atoms with van der Waals surface area (Å²) in [4.78, 5) is 26.6. The SMILES string of the molecule is CCNC(=O)[C@@H](C)N(Cc1ccc(Cl)cc1)C(=O)Cc1ccc(F)cc1. The molecule has 0 fully saturated rings. The molecule has 0 heterocycles. The standard InChI is InChI=1S/C20H22ClFN2O2/c1-3-23-20(26)14(2)24(13-16-4-8-17(21)9-5-16)19(25)12-15-6-10-18(22)11-7-15/h4-11,14H,3,12-13H2,1-2H3,(H,23,26)/t14-/m1/s1. The molecule has 1 atom stereocenters. The van der Waals surface area contributed by atoms with E-state index >= 15 is 0 Å². The molecule has 1 N–H and O–H groups in total. The zero-order valence-electron chi connectivity index (χ0n) is 14.8. The molecule has 0 saturated carbocycles. The molecule has 0 saturated heterocycles. The molecule has 138 valence electrons. The third-order valence-electron chi connectivity index (χ3n) is 4.05. The van der Waals surface area contributed by atoms with E-state index in [0.717, 1.165) is 5.56 Å². The quantitative estimate of drug-likeness (QED) is 0.803. The number of hydrogen-bond acceptors (Lipinski definition) is 2. The van der Waals surface area contributed by atoms with Crippen LogP contribution in [-0.4, -0.2) is 29.3 Å². The van der Waals surface area contributed by atoms with Crippen molar-refractivity contribution >= 4 is 23.4 Å². The first-order valence-electron chi connectivity index (χ1n) is 8.46.